The maximum atomic E-state index is 12.4. The number of likely N-dealkylation sites (tertiary alicyclic amines) is 1. The molecular formula is C30H52N2O5S-2. The lowest BCUT2D eigenvalue weighted by Gasteiger charge is -2.33. The van der Waals surface area contributed by atoms with E-state index < -0.39 is 29.9 Å². The fourth-order valence-electron chi connectivity index (χ4n) is 4.92. The molecular weight excluding hydrogens is 500 g/mol. The van der Waals surface area contributed by atoms with E-state index >= 15 is 0 Å². The van der Waals surface area contributed by atoms with Gasteiger partial charge in [-0.1, -0.05) is 84.3 Å². The highest BCUT2D eigenvalue weighted by Gasteiger charge is 2.25. The highest BCUT2D eigenvalue weighted by molar-refractivity contribution is 7.99. The Morgan fingerprint density at radius 2 is 1.47 bits per heavy atom. The molecule has 1 aliphatic rings. The molecule has 3 atom stereocenters. The average molecular weight is 553 g/mol. The summed E-state index contributed by atoms with van der Waals surface area (Å²) in [5, 5.41) is 25.0. The van der Waals surface area contributed by atoms with E-state index in [9.17, 15) is 24.6 Å². The molecule has 0 saturated carbocycles. The van der Waals surface area contributed by atoms with E-state index in [1.165, 1.54) is 73.6 Å². The van der Waals surface area contributed by atoms with Gasteiger partial charge in [0.2, 0.25) is 0 Å². The minimum Gasteiger partial charge on any atom is -0.550 e. The summed E-state index contributed by atoms with van der Waals surface area (Å²) in [5.41, 5.74) is 1.31. The molecule has 0 aliphatic carbocycles. The zero-order valence-corrected chi connectivity index (χ0v) is 25.3. The number of rotatable bonds is 19. The van der Waals surface area contributed by atoms with Crippen LogP contribution in [0.5, 0.6) is 0 Å². The molecule has 2 unspecified atom stereocenters. The minimum atomic E-state index is -1.31. The number of allylic oxidation sites excluding steroid dienone is 1. The van der Waals surface area contributed by atoms with Crippen molar-refractivity contribution in [1.29, 1.82) is 0 Å². The number of nitrogens with one attached hydrogen (secondary N) is 1. The number of carboxylic acids is 2. The first-order chi connectivity index (χ1) is 18.0. The number of carbonyl (C=O) groups is 3. The van der Waals surface area contributed by atoms with Crippen molar-refractivity contribution in [3.63, 3.8) is 0 Å². The Morgan fingerprint density at radius 1 is 0.921 bits per heavy atom. The standard InChI is InChI=1S/C30H54N2O5S/c1-22(2)9-6-10-23(3)11-7-12-24(4)13-8-14-25(5)17-20-38-21-27(29(35)36)31-30(37)32-18-15-26(16-19-32)28(33)34/h17,22-24,26-27H,6-16,18-21H2,1-5H3,(H,31,37)(H,33,34)(H,35,36)/p-2/b25-17+/t23?,24?,27-/m0/s1. The van der Waals surface area contributed by atoms with Gasteiger partial charge in [-0.15, -0.1) is 0 Å². The number of urea groups is 1. The molecule has 38 heavy (non-hydrogen) atoms. The molecule has 1 fully saturated rings. The van der Waals surface area contributed by atoms with Crippen molar-refractivity contribution in [2.75, 3.05) is 24.6 Å². The third kappa shape index (κ3) is 15.6. The van der Waals surface area contributed by atoms with Gasteiger partial charge in [-0.3, -0.25) is 0 Å². The molecule has 1 saturated heterocycles. The Bertz CT molecular complexity index is 734. The molecule has 1 N–H and O–H groups in total. The maximum absolute atomic E-state index is 12.4. The summed E-state index contributed by atoms with van der Waals surface area (Å²) in [5.74, 6) is 0.345. The molecule has 0 aromatic carbocycles. The number of carbonyl (C=O) groups excluding carboxylic acids is 3. The predicted molar refractivity (Wildman–Crippen MR) is 152 cm³/mol. The lowest BCUT2D eigenvalue weighted by Crippen LogP contribution is -2.55. The summed E-state index contributed by atoms with van der Waals surface area (Å²) in [6.45, 7) is 12.0. The Morgan fingerprint density at radius 3 is 2.00 bits per heavy atom. The van der Waals surface area contributed by atoms with Crippen LogP contribution in [0.25, 0.3) is 0 Å². The van der Waals surface area contributed by atoms with Crippen molar-refractivity contribution in [1.82, 2.24) is 10.2 Å². The van der Waals surface area contributed by atoms with E-state index in [4.69, 9.17) is 0 Å². The quantitative estimate of drug-likeness (QED) is 0.188. The molecule has 7 nitrogen and oxygen atoms in total. The van der Waals surface area contributed by atoms with Gasteiger partial charge in [-0.05, 0) is 50.4 Å². The highest BCUT2D eigenvalue weighted by atomic mass is 32.2. The predicted octanol–water partition coefficient (Wildman–Crippen LogP) is 4.40. The highest BCUT2D eigenvalue weighted by Crippen LogP contribution is 2.22. The topological polar surface area (TPSA) is 113 Å². The van der Waals surface area contributed by atoms with E-state index in [0.717, 1.165) is 24.2 Å². The number of nitrogens with zero attached hydrogens (tertiary/aromatic N) is 1. The molecule has 1 rings (SSSR count). The van der Waals surface area contributed by atoms with Gasteiger partial charge >= 0.3 is 6.03 Å². The molecule has 2 amide bonds. The number of hydrogen-bond donors (Lipinski definition) is 1. The molecule has 0 bridgehead atoms. The van der Waals surface area contributed by atoms with Gasteiger partial charge in [0.1, 0.15) is 0 Å². The second-order valence-corrected chi connectivity index (χ2v) is 12.9. The van der Waals surface area contributed by atoms with E-state index in [0.29, 0.717) is 18.6 Å². The van der Waals surface area contributed by atoms with Gasteiger partial charge in [0, 0.05) is 36.5 Å². The first-order valence-electron chi connectivity index (χ1n) is 14.7. The van der Waals surface area contributed by atoms with E-state index in [1.807, 2.05) is 0 Å². The first-order valence-corrected chi connectivity index (χ1v) is 15.9. The van der Waals surface area contributed by atoms with E-state index in [-0.39, 0.29) is 18.8 Å². The fourth-order valence-corrected chi connectivity index (χ4v) is 5.92. The molecule has 0 aromatic heterocycles. The molecule has 8 heteroatoms. The van der Waals surface area contributed by atoms with Crippen LogP contribution in [-0.4, -0.2) is 53.5 Å². The monoisotopic (exact) mass is 552 g/mol. The van der Waals surface area contributed by atoms with E-state index in [2.05, 4.69) is 46.0 Å². The van der Waals surface area contributed by atoms with Crippen LogP contribution in [0.1, 0.15) is 105 Å². The van der Waals surface area contributed by atoms with Crippen LogP contribution >= 0.6 is 11.8 Å². The third-order valence-electron chi connectivity index (χ3n) is 7.67. The summed E-state index contributed by atoms with van der Waals surface area (Å²) in [7, 11) is 0. The fraction of sp³-hybridized carbons (Fsp3) is 0.833. The van der Waals surface area contributed by atoms with Crippen molar-refractivity contribution in [3.8, 4) is 0 Å². The van der Waals surface area contributed by atoms with Crippen LogP contribution in [0.3, 0.4) is 0 Å². The van der Waals surface area contributed by atoms with Gasteiger partial charge in [0.25, 0.3) is 0 Å². The van der Waals surface area contributed by atoms with Gasteiger partial charge in [0.05, 0.1) is 12.0 Å². The molecule has 220 valence electrons. The van der Waals surface area contributed by atoms with Gasteiger partial charge in [0.15, 0.2) is 0 Å². The van der Waals surface area contributed by atoms with Gasteiger partial charge in [-0.2, -0.15) is 11.8 Å². The molecule has 1 aliphatic heterocycles. The van der Waals surface area contributed by atoms with Crippen molar-refractivity contribution in [2.24, 2.45) is 23.7 Å². The van der Waals surface area contributed by atoms with Crippen LogP contribution < -0.4 is 15.5 Å². The normalized spacial score (nSPS) is 17.3. The summed E-state index contributed by atoms with van der Waals surface area (Å²) in [6, 6.07) is -1.57. The summed E-state index contributed by atoms with van der Waals surface area (Å²) >= 11 is 1.45. The number of amides is 2. The van der Waals surface area contributed by atoms with Crippen LogP contribution in [0.4, 0.5) is 4.79 Å². The largest absolute Gasteiger partial charge is 0.550 e. The number of piperidine rings is 1. The van der Waals surface area contributed by atoms with Crippen LogP contribution in [0.15, 0.2) is 11.6 Å². The summed E-state index contributed by atoms with van der Waals surface area (Å²) < 4.78 is 0. The van der Waals surface area contributed by atoms with E-state index in [1.54, 1.807) is 0 Å². The van der Waals surface area contributed by atoms with Crippen LogP contribution in [-0.2, 0) is 9.59 Å². The van der Waals surface area contributed by atoms with Crippen molar-refractivity contribution in [3.05, 3.63) is 11.6 Å². The van der Waals surface area contributed by atoms with Crippen molar-refractivity contribution in [2.45, 2.75) is 111 Å². The number of aliphatic carboxylic acids is 2. The number of carboxylic acid groups (broad SMARTS) is 2. The Labute approximate surface area is 235 Å². The lowest BCUT2D eigenvalue weighted by molar-refractivity contribution is -0.312. The first kappa shape index (κ1) is 34.3. The average Bonchev–Trinajstić information content (AvgIpc) is 2.85. The SMILES string of the molecule is C/C(=C\CSC[C@H](NC(=O)N1CCC(C(=O)[O-])CC1)C(=O)[O-])CCCC(C)CCCC(C)CCCC(C)C. The van der Waals surface area contributed by atoms with Crippen LogP contribution in [0, 0.1) is 23.7 Å². The van der Waals surface area contributed by atoms with Crippen molar-refractivity contribution >= 4 is 29.7 Å². The molecule has 0 aromatic rings. The van der Waals surface area contributed by atoms with Crippen molar-refractivity contribution < 1.29 is 24.6 Å². The second-order valence-electron chi connectivity index (χ2n) is 11.8. The minimum absolute atomic E-state index is 0.223. The zero-order chi connectivity index (χ0) is 28.5. The number of hydrogen-bond acceptors (Lipinski definition) is 6. The zero-order valence-electron chi connectivity index (χ0n) is 24.5. The maximum Gasteiger partial charge on any atom is 0.317 e. The summed E-state index contributed by atoms with van der Waals surface area (Å²) in [6.07, 6.45) is 14.3. The summed E-state index contributed by atoms with van der Waals surface area (Å²) in [4.78, 5) is 36.3. The Kier molecular flexibility index (Phi) is 17.5. The second kappa shape index (κ2) is 19.4. The lowest BCUT2D eigenvalue weighted by atomic mass is 9.91. The number of thioether (sulfide) groups is 1. The molecule has 0 radical (unpaired) electrons. The Hall–Kier alpha value is -1.70. The third-order valence-corrected chi connectivity index (χ3v) is 8.64. The smallest absolute Gasteiger partial charge is 0.317 e. The van der Waals surface area contributed by atoms with Crippen LogP contribution in [0.2, 0.25) is 0 Å². The molecule has 1 heterocycles. The van der Waals surface area contributed by atoms with Gasteiger partial charge < -0.3 is 30.0 Å². The molecule has 0 spiro atoms. The van der Waals surface area contributed by atoms with Gasteiger partial charge in [-0.25, -0.2) is 4.79 Å². The Balaban J connectivity index is 2.20.